The van der Waals surface area contributed by atoms with Crippen LogP contribution in [0.4, 0.5) is 0 Å². The van der Waals surface area contributed by atoms with Crippen molar-refractivity contribution >= 4 is 3.21 Å². The standard InChI is InChI=1S/C21H25.C15H14.C10H15.2ClH.Zr/c1-20(2,3)16-7-9-18-14(12-16)11-15-13-17(21(4,5)6)8-10-19(15)18;1-12-3-7-14(8-4-12)11-15-9-5-13(2)6-10-15;1-8-6-5-7-9(8)10(2,3)4;;;/h7-13H,1-6H3;3-10H,1-2H3;6H,5H2,1-4H3;2*1H;/q;;;;;+2/p-2. The molecule has 0 spiro atoms. The molecule has 0 aromatic heterocycles. The molecular weight excluding hydrogens is 715 g/mol. The van der Waals surface area contributed by atoms with Gasteiger partial charge in [-0.05, 0) is 0 Å². The van der Waals surface area contributed by atoms with Crippen LogP contribution < -0.4 is 24.8 Å². The molecule has 2 aliphatic rings. The van der Waals surface area contributed by atoms with E-state index >= 15 is 0 Å². The molecule has 4 aromatic rings. The summed E-state index contributed by atoms with van der Waals surface area (Å²) in [6, 6.07) is 33.9. The third kappa shape index (κ3) is 7.66. The molecule has 0 heterocycles. The Morgan fingerprint density at radius 2 is 0.959 bits per heavy atom. The Morgan fingerprint density at radius 3 is 1.33 bits per heavy atom. The largest absolute Gasteiger partial charge is 1.00 e. The minimum atomic E-state index is -2.92. The number of aryl methyl sites for hydroxylation is 2. The number of hydrogen-bond donors (Lipinski definition) is 0. The Balaban J connectivity index is 0.00000270. The van der Waals surface area contributed by atoms with Crippen LogP contribution in [0.15, 0.2) is 105 Å². The summed E-state index contributed by atoms with van der Waals surface area (Å²) in [7, 11) is 0. The summed E-state index contributed by atoms with van der Waals surface area (Å²) in [6.07, 6.45) is 3.62. The van der Waals surface area contributed by atoms with Crippen LogP contribution in [-0.2, 0) is 32.1 Å². The van der Waals surface area contributed by atoms with E-state index in [1.54, 1.807) is 23.2 Å². The molecule has 3 heteroatoms. The second-order valence-corrected chi connectivity index (χ2v) is 23.4. The second kappa shape index (κ2) is 14.4. The minimum absolute atomic E-state index is 0. The summed E-state index contributed by atoms with van der Waals surface area (Å²) in [5, 5.41) is 0. The summed E-state index contributed by atoms with van der Waals surface area (Å²) in [5.74, 6) is 0. The van der Waals surface area contributed by atoms with Gasteiger partial charge < -0.3 is 24.8 Å². The van der Waals surface area contributed by atoms with Crippen LogP contribution in [-0.4, -0.2) is 3.21 Å². The predicted molar refractivity (Wildman–Crippen MR) is 202 cm³/mol. The van der Waals surface area contributed by atoms with Crippen molar-refractivity contribution in [1.29, 1.82) is 0 Å². The third-order valence-corrected chi connectivity index (χ3v) is 18.8. The molecule has 0 amide bonds. The first-order chi connectivity index (χ1) is 21.9. The fourth-order valence-corrected chi connectivity index (χ4v) is 18.1. The van der Waals surface area contributed by atoms with Crippen LogP contribution >= 0.6 is 0 Å². The molecule has 0 saturated heterocycles. The van der Waals surface area contributed by atoms with Gasteiger partial charge in [0, 0.05) is 0 Å². The van der Waals surface area contributed by atoms with Crippen molar-refractivity contribution in [3.63, 3.8) is 0 Å². The van der Waals surface area contributed by atoms with E-state index in [1.165, 1.54) is 50.1 Å². The molecule has 4 aromatic carbocycles. The minimum Gasteiger partial charge on any atom is -1.00 e. The predicted octanol–water partition coefficient (Wildman–Crippen LogP) is 6.51. The van der Waals surface area contributed by atoms with Crippen molar-refractivity contribution in [2.75, 3.05) is 0 Å². The summed E-state index contributed by atoms with van der Waals surface area (Å²) in [6.45, 7) is 28.3. The summed E-state index contributed by atoms with van der Waals surface area (Å²) < 4.78 is 3.80. The van der Waals surface area contributed by atoms with E-state index in [0.717, 1.165) is 6.42 Å². The first kappa shape index (κ1) is 39.5. The van der Waals surface area contributed by atoms with Gasteiger partial charge >= 0.3 is 295 Å². The zero-order chi connectivity index (χ0) is 34.1. The molecule has 0 N–H and O–H groups in total. The van der Waals surface area contributed by atoms with Crippen LogP contribution in [0.1, 0.15) is 124 Å². The molecule has 0 aliphatic heterocycles. The van der Waals surface area contributed by atoms with E-state index in [4.69, 9.17) is 0 Å². The van der Waals surface area contributed by atoms with Crippen molar-refractivity contribution in [1.82, 2.24) is 0 Å². The zero-order valence-corrected chi connectivity index (χ0v) is 35.7. The van der Waals surface area contributed by atoms with Crippen LogP contribution in [0.5, 0.6) is 0 Å². The Bertz CT molecular complexity index is 1840. The average Bonchev–Trinajstić information content (AvgIpc) is 3.53. The van der Waals surface area contributed by atoms with Gasteiger partial charge in [-0.1, -0.05) is 0 Å². The fraction of sp³-hybridized carbons (Fsp3) is 0.370. The Labute approximate surface area is 317 Å². The van der Waals surface area contributed by atoms with Gasteiger partial charge in [-0.2, -0.15) is 0 Å². The molecule has 0 nitrogen and oxygen atoms in total. The van der Waals surface area contributed by atoms with E-state index in [9.17, 15) is 0 Å². The summed E-state index contributed by atoms with van der Waals surface area (Å²) in [5.41, 5.74) is 17.7. The van der Waals surface area contributed by atoms with Gasteiger partial charge in [-0.25, -0.2) is 0 Å². The number of rotatable bonds is 4. The first-order valence-corrected chi connectivity index (χ1v) is 21.4. The molecule has 2 aliphatic carbocycles. The van der Waals surface area contributed by atoms with Crippen LogP contribution in [0, 0.1) is 19.3 Å². The Kier molecular flexibility index (Phi) is 11.6. The number of hydrogen-bond acceptors (Lipinski definition) is 0. The molecule has 6 rings (SSSR count). The van der Waals surface area contributed by atoms with Gasteiger partial charge in [0.2, 0.25) is 0 Å². The monoisotopic (exact) mass is 766 g/mol. The van der Waals surface area contributed by atoms with Gasteiger partial charge in [0.25, 0.3) is 0 Å². The van der Waals surface area contributed by atoms with Crippen molar-refractivity contribution < 1.29 is 46.1 Å². The van der Waals surface area contributed by atoms with E-state index in [1.807, 2.05) is 0 Å². The van der Waals surface area contributed by atoms with Gasteiger partial charge in [0.15, 0.2) is 0 Å². The van der Waals surface area contributed by atoms with E-state index < -0.39 is 21.3 Å². The maximum absolute atomic E-state index is 2.92. The van der Waals surface area contributed by atoms with Crippen LogP contribution in [0.3, 0.4) is 0 Å². The SMILES string of the molecule is CC1=CC[C]([Zr+2](=[C](c2ccc(C)cc2)c2ccc(C)cc2)[CH]2c3cc(C(C)(C)C)ccc3-c3ccc(C(C)(C)C)cc32)=C1C(C)(C)C.[Cl-].[Cl-]. The molecule has 0 atom stereocenters. The van der Waals surface area contributed by atoms with E-state index in [0.29, 0.717) is 3.63 Å². The second-order valence-electron chi connectivity index (χ2n) is 17.3. The fourth-order valence-electron chi connectivity index (χ4n) is 7.88. The number of halogens is 2. The van der Waals surface area contributed by atoms with Crippen molar-refractivity contribution in [2.45, 2.75) is 104 Å². The first-order valence-electron chi connectivity index (χ1n) is 17.5. The van der Waals surface area contributed by atoms with Crippen LogP contribution in [0.25, 0.3) is 11.1 Å². The molecule has 0 unspecified atom stereocenters. The maximum atomic E-state index is 2.62. The quantitative estimate of drug-likeness (QED) is 0.222. The molecule has 0 fully saturated rings. The molecular formula is C46H54Cl2Zr. The smallest absolute Gasteiger partial charge is 1.00 e. The zero-order valence-electron chi connectivity index (χ0n) is 31.7. The normalized spacial score (nSPS) is 14.3. The number of fused-ring (bicyclic) bond motifs is 3. The van der Waals surface area contributed by atoms with E-state index in [-0.39, 0.29) is 41.1 Å². The molecule has 256 valence electrons. The van der Waals surface area contributed by atoms with Crippen LogP contribution in [0.2, 0.25) is 0 Å². The van der Waals surface area contributed by atoms with E-state index in [2.05, 4.69) is 174 Å². The van der Waals surface area contributed by atoms with Gasteiger partial charge in [-0.15, -0.1) is 0 Å². The van der Waals surface area contributed by atoms with Crippen molar-refractivity contribution in [3.05, 3.63) is 150 Å². The molecule has 49 heavy (non-hydrogen) atoms. The Hall–Kier alpha value is -2.31. The van der Waals surface area contributed by atoms with Crippen molar-refractivity contribution in [3.8, 4) is 11.1 Å². The van der Waals surface area contributed by atoms with Crippen molar-refractivity contribution in [2.24, 2.45) is 5.41 Å². The van der Waals surface area contributed by atoms with Gasteiger partial charge in [0.05, 0.1) is 0 Å². The maximum Gasteiger partial charge on any atom is -1.00 e. The van der Waals surface area contributed by atoms with Gasteiger partial charge in [0.1, 0.15) is 0 Å². The Morgan fingerprint density at radius 1 is 0.551 bits per heavy atom. The summed E-state index contributed by atoms with van der Waals surface area (Å²) >= 11 is -2.92. The molecule has 0 radical (unpaired) electrons. The van der Waals surface area contributed by atoms with Gasteiger partial charge in [-0.3, -0.25) is 0 Å². The molecule has 0 saturated carbocycles. The molecule has 0 bridgehead atoms. The summed E-state index contributed by atoms with van der Waals surface area (Å²) in [4.78, 5) is 0. The average molecular weight is 769 g/mol. The number of benzene rings is 4. The third-order valence-electron chi connectivity index (χ3n) is 10.4. The number of allylic oxidation sites excluding steroid dienone is 4. The topological polar surface area (TPSA) is 0 Å².